The molecule has 0 bridgehead atoms. The third-order valence-corrected chi connectivity index (χ3v) is 12.2. The molecule has 0 aliphatic rings. The minimum Gasteiger partial charge on any atom is -0.0683 e. The number of benzene rings is 11. The fourth-order valence-corrected chi connectivity index (χ4v) is 9.41. The Morgan fingerprint density at radius 3 is 0.983 bits per heavy atom. The second kappa shape index (κ2) is 14.5. The van der Waals surface area contributed by atoms with E-state index < -0.39 is 0 Å². The molecule has 11 rings (SSSR count). The van der Waals surface area contributed by atoms with Crippen molar-refractivity contribution in [2.24, 2.45) is 0 Å². The summed E-state index contributed by atoms with van der Waals surface area (Å²) in [6.45, 7) is 8.49. The number of aryl methyl sites for hydroxylation is 1. The molecule has 11 aromatic rings. The highest BCUT2D eigenvalue weighted by molar-refractivity contribution is 6.27. The molecule has 0 aromatic heterocycles. The Morgan fingerprint density at radius 1 is 0.224 bits per heavy atom. The van der Waals surface area contributed by atoms with Crippen LogP contribution in [0.25, 0.3) is 109 Å². The Morgan fingerprint density at radius 2 is 0.552 bits per heavy atom. The first-order chi connectivity index (χ1) is 28.6. The fraction of sp³-hybridized carbons (Fsp3) is 0.0690. The standard InChI is InChI=1S/C56H38.C2H6/c1-35-14-3-4-15-42(35)44-25-13-24-43(36(44)2)41-31-39(37-26-28-53-49-20-7-5-16-45(49)47-18-9-11-22-51(47)55(53)33-37)30-40(32-41)38-27-29-54-50-21-8-6-17-46(50)48-19-10-12-23-52(48)56(54)34-38;1-2/h3-34H,1-2H3;1-2H3. The molecular formula is C58H44. The van der Waals surface area contributed by atoms with Crippen LogP contribution >= 0.6 is 0 Å². The fourth-order valence-electron chi connectivity index (χ4n) is 9.41. The van der Waals surface area contributed by atoms with E-state index in [2.05, 4.69) is 208 Å². The van der Waals surface area contributed by atoms with Gasteiger partial charge in [0.25, 0.3) is 0 Å². The van der Waals surface area contributed by atoms with Crippen molar-refractivity contribution in [3.63, 3.8) is 0 Å². The van der Waals surface area contributed by atoms with Crippen LogP contribution in [0.2, 0.25) is 0 Å². The third kappa shape index (κ3) is 5.75. The van der Waals surface area contributed by atoms with Crippen molar-refractivity contribution in [1.29, 1.82) is 0 Å². The number of rotatable bonds is 4. The van der Waals surface area contributed by atoms with Gasteiger partial charge in [0, 0.05) is 0 Å². The summed E-state index contributed by atoms with van der Waals surface area (Å²) < 4.78 is 0. The van der Waals surface area contributed by atoms with Gasteiger partial charge in [-0.25, -0.2) is 0 Å². The van der Waals surface area contributed by atoms with Gasteiger partial charge in [0.15, 0.2) is 0 Å². The molecule has 0 N–H and O–H groups in total. The second-order valence-electron chi connectivity index (χ2n) is 15.3. The van der Waals surface area contributed by atoms with Gasteiger partial charge in [0.05, 0.1) is 0 Å². The smallest absolute Gasteiger partial charge is 0.00928 e. The van der Waals surface area contributed by atoms with Gasteiger partial charge in [-0.15, -0.1) is 0 Å². The highest BCUT2D eigenvalue weighted by atomic mass is 14.2. The lowest BCUT2D eigenvalue weighted by Crippen LogP contribution is -1.92. The molecule has 0 nitrogen and oxygen atoms in total. The van der Waals surface area contributed by atoms with Gasteiger partial charge in [-0.05, 0) is 164 Å². The van der Waals surface area contributed by atoms with Gasteiger partial charge in [-0.3, -0.25) is 0 Å². The molecular weight excluding hydrogens is 697 g/mol. The molecule has 0 spiro atoms. The molecule has 0 radical (unpaired) electrons. The molecule has 0 heterocycles. The Bertz CT molecular complexity index is 3130. The maximum atomic E-state index is 2.42. The van der Waals surface area contributed by atoms with E-state index in [9.17, 15) is 0 Å². The van der Waals surface area contributed by atoms with E-state index in [-0.39, 0.29) is 0 Å². The van der Waals surface area contributed by atoms with Gasteiger partial charge >= 0.3 is 0 Å². The van der Waals surface area contributed by atoms with Crippen molar-refractivity contribution < 1.29 is 0 Å². The van der Waals surface area contributed by atoms with Gasteiger partial charge in [-0.1, -0.05) is 178 Å². The predicted octanol–water partition coefficient (Wildman–Crippen LogP) is 16.9. The molecule has 0 saturated heterocycles. The molecule has 0 saturated carbocycles. The zero-order chi connectivity index (χ0) is 39.3. The van der Waals surface area contributed by atoms with Gasteiger partial charge in [-0.2, -0.15) is 0 Å². The Hall–Kier alpha value is -7.02. The largest absolute Gasteiger partial charge is 0.0683 e. The van der Waals surface area contributed by atoms with Crippen molar-refractivity contribution in [2.75, 3.05) is 0 Å². The first-order valence-corrected chi connectivity index (χ1v) is 20.6. The number of hydrogen-bond donors (Lipinski definition) is 0. The van der Waals surface area contributed by atoms with E-state index in [0.717, 1.165) is 0 Å². The maximum absolute atomic E-state index is 2.42. The van der Waals surface area contributed by atoms with E-state index >= 15 is 0 Å². The molecule has 11 aromatic carbocycles. The molecule has 0 aliphatic heterocycles. The Kier molecular flexibility index (Phi) is 8.84. The van der Waals surface area contributed by atoms with Gasteiger partial charge in [0.2, 0.25) is 0 Å². The van der Waals surface area contributed by atoms with Crippen LogP contribution < -0.4 is 0 Å². The van der Waals surface area contributed by atoms with Crippen LogP contribution in [0.5, 0.6) is 0 Å². The molecule has 276 valence electrons. The summed E-state index contributed by atoms with van der Waals surface area (Å²) in [4.78, 5) is 0. The van der Waals surface area contributed by atoms with Crippen LogP contribution in [0, 0.1) is 13.8 Å². The molecule has 0 unspecified atom stereocenters. The second-order valence-corrected chi connectivity index (χ2v) is 15.3. The first-order valence-electron chi connectivity index (χ1n) is 20.6. The highest BCUT2D eigenvalue weighted by Gasteiger charge is 2.16. The topological polar surface area (TPSA) is 0 Å². The van der Waals surface area contributed by atoms with Gasteiger partial charge in [0.1, 0.15) is 0 Å². The lowest BCUT2D eigenvalue weighted by atomic mass is 9.87. The van der Waals surface area contributed by atoms with E-state index in [1.807, 2.05) is 13.8 Å². The van der Waals surface area contributed by atoms with E-state index in [4.69, 9.17) is 0 Å². The molecule has 0 fully saturated rings. The molecule has 0 amide bonds. The summed E-state index contributed by atoms with van der Waals surface area (Å²) in [5.41, 5.74) is 12.5. The van der Waals surface area contributed by atoms with Crippen LogP contribution in [-0.2, 0) is 0 Å². The summed E-state index contributed by atoms with van der Waals surface area (Å²) >= 11 is 0. The normalized spacial score (nSPS) is 11.4. The third-order valence-electron chi connectivity index (χ3n) is 12.2. The van der Waals surface area contributed by atoms with Gasteiger partial charge < -0.3 is 0 Å². The molecule has 0 heteroatoms. The van der Waals surface area contributed by atoms with Crippen molar-refractivity contribution in [2.45, 2.75) is 27.7 Å². The Balaban J connectivity index is 0.00000201. The first kappa shape index (κ1) is 35.4. The van der Waals surface area contributed by atoms with Crippen LogP contribution in [0.4, 0.5) is 0 Å². The Labute approximate surface area is 340 Å². The summed E-state index contributed by atoms with van der Waals surface area (Å²) in [5, 5.41) is 15.5. The molecule has 58 heavy (non-hydrogen) atoms. The van der Waals surface area contributed by atoms with Crippen molar-refractivity contribution in [3.05, 3.63) is 205 Å². The average molecular weight is 741 g/mol. The van der Waals surface area contributed by atoms with Crippen molar-refractivity contribution in [1.82, 2.24) is 0 Å². The van der Waals surface area contributed by atoms with Crippen LogP contribution in [0.1, 0.15) is 25.0 Å². The zero-order valence-electron chi connectivity index (χ0n) is 33.5. The summed E-state index contributed by atoms with van der Waals surface area (Å²) in [6.07, 6.45) is 0. The highest BCUT2D eigenvalue weighted by Crippen LogP contribution is 2.42. The minimum atomic E-state index is 1.21. The predicted molar refractivity (Wildman–Crippen MR) is 254 cm³/mol. The lowest BCUT2D eigenvalue weighted by molar-refractivity contribution is 1.40. The van der Waals surface area contributed by atoms with E-state index in [0.29, 0.717) is 0 Å². The van der Waals surface area contributed by atoms with Crippen molar-refractivity contribution >= 4 is 64.6 Å². The summed E-state index contributed by atoms with van der Waals surface area (Å²) in [6, 6.07) is 72.2. The maximum Gasteiger partial charge on any atom is -0.00928 e. The van der Waals surface area contributed by atoms with Crippen LogP contribution in [0.15, 0.2) is 194 Å². The quantitative estimate of drug-likeness (QED) is 0.158. The summed E-state index contributed by atoms with van der Waals surface area (Å²) in [7, 11) is 0. The SMILES string of the molecule is CC.Cc1ccccc1-c1cccc(-c2cc(-c3ccc4c5ccccc5c5ccccc5c4c3)cc(-c3ccc4c5ccccc5c5ccccc5c4c3)c2)c1C. The van der Waals surface area contributed by atoms with Crippen molar-refractivity contribution in [3.8, 4) is 44.5 Å². The number of fused-ring (bicyclic) bond motifs is 12. The molecule has 0 aliphatic carbocycles. The van der Waals surface area contributed by atoms with E-state index in [1.165, 1.54) is 120 Å². The van der Waals surface area contributed by atoms with E-state index in [1.54, 1.807) is 0 Å². The van der Waals surface area contributed by atoms with Crippen LogP contribution in [0.3, 0.4) is 0 Å². The molecule has 0 atom stereocenters. The zero-order valence-corrected chi connectivity index (χ0v) is 33.5. The average Bonchev–Trinajstić information content (AvgIpc) is 3.30. The van der Waals surface area contributed by atoms with Crippen LogP contribution in [-0.4, -0.2) is 0 Å². The minimum absolute atomic E-state index is 1.21. The number of hydrogen-bond acceptors (Lipinski definition) is 0. The monoisotopic (exact) mass is 740 g/mol. The lowest BCUT2D eigenvalue weighted by Gasteiger charge is -2.17. The summed E-state index contributed by atoms with van der Waals surface area (Å²) in [5.74, 6) is 0.